The van der Waals surface area contributed by atoms with Crippen LogP contribution in [0.25, 0.3) is 5.69 Å². The first-order valence-corrected chi connectivity index (χ1v) is 10.3. The third-order valence-corrected chi connectivity index (χ3v) is 5.22. The summed E-state index contributed by atoms with van der Waals surface area (Å²) in [5.74, 6) is 0. The van der Waals surface area contributed by atoms with Gasteiger partial charge in [0.05, 0.1) is 11.4 Å². The number of hydrogen-bond acceptors (Lipinski definition) is 6. The van der Waals surface area contributed by atoms with Gasteiger partial charge in [0.2, 0.25) is 4.77 Å². The van der Waals surface area contributed by atoms with Crippen molar-refractivity contribution in [3.63, 3.8) is 0 Å². The Kier molecular flexibility index (Phi) is 6.35. The van der Waals surface area contributed by atoms with E-state index in [4.69, 9.17) is 12.2 Å². The molecular weight excluding hydrogens is 400 g/mol. The Balaban J connectivity index is 1.41. The highest BCUT2D eigenvalue weighted by Gasteiger charge is 2.19. The molecule has 0 aliphatic carbocycles. The van der Waals surface area contributed by atoms with E-state index in [0.717, 1.165) is 37.3 Å². The highest BCUT2D eigenvalue weighted by atomic mass is 32.1. The van der Waals surface area contributed by atoms with Crippen LogP contribution >= 0.6 is 12.2 Å². The van der Waals surface area contributed by atoms with E-state index >= 15 is 0 Å². The van der Waals surface area contributed by atoms with Crippen molar-refractivity contribution in [3.05, 3.63) is 59.4 Å². The topological polar surface area (TPSA) is 94.1 Å². The van der Waals surface area contributed by atoms with Gasteiger partial charge in [0, 0.05) is 18.8 Å². The van der Waals surface area contributed by atoms with Crippen LogP contribution in [-0.2, 0) is 0 Å². The molecule has 3 N–H and O–H groups in total. The Morgan fingerprint density at radius 3 is 2.63 bits per heavy atom. The molecule has 0 radical (unpaired) electrons. The van der Waals surface area contributed by atoms with Crippen LogP contribution in [0.1, 0.15) is 19.3 Å². The predicted molar refractivity (Wildman–Crippen MR) is 118 cm³/mol. The van der Waals surface area contributed by atoms with Crippen molar-refractivity contribution in [1.29, 1.82) is 0 Å². The van der Waals surface area contributed by atoms with Gasteiger partial charge in [0.25, 0.3) is 0 Å². The van der Waals surface area contributed by atoms with Crippen LogP contribution < -0.4 is 15.6 Å². The monoisotopic (exact) mass is 424 g/mol. The number of urea groups is 1. The van der Waals surface area contributed by atoms with Gasteiger partial charge in [-0.15, -0.1) is 0 Å². The average Bonchev–Trinajstić information content (AvgIpc) is 3.21. The number of H-pyrrole nitrogens is 1. The number of hydrazine groups is 1. The number of nitrogens with zero attached hydrogens (tertiary/aromatic N) is 5. The molecule has 2 amide bonds. The fourth-order valence-electron chi connectivity index (χ4n) is 3.48. The number of anilines is 2. The summed E-state index contributed by atoms with van der Waals surface area (Å²) in [6.07, 6.45) is 3.57. The summed E-state index contributed by atoms with van der Waals surface area (Å²) in [5.41, 5.74) is 2.44. The van der Waals surface area contributed by atoms with Gasteiger partial charge in [-0.2, -0.15) is 5.21 Å². The molecule has 1 aliphatic rings. The normalized spacial score (nSPS) is 14.3. The molecular formula is C20H24N8OS. The Morgan fingerprint density at radius 1 is 1.10 bits per heavy atom. The van der Waals surface area contributed by atoms with Crippen LogP contribution in [0.2, 0.25) is 0 Å². The number of benzene rings is 2. The van der Waals surface area contributed by atoms with Crippen molar-refractivity contribution in [2.24, 2.45) is 0 Å². The number of amides is 2. The summed E-state index contributed by atoms with van der Waals surface area (Å²) < 4.78 is 1.88. The van der Waals surface area contributed by atoms with E-state index in [9.17, 15) is 4.79 Å². The van der Waals surface area contributed by atoms with E-state index in [1.54, 1.807) is 10.7 Å². The molecule has 2 heterocycles. The number of carbonyl (C=O) groups is 1. The fourth-order valence-corrected chi connectivity index (χ4v) is 3.67. The smallest absolute Gasteiger partial charge is 0.319 e. The summed E-state index contributed by atoms with van der Waals surface area (Å²) in [7, 11) is 0. The molecule has 0 saturated carbocycles. The molecule has 0 atom stereocenters. The maximum Gasteiger partial charge on any atom is 0.320 e. The lowest BCUT2D eigenvalue weighted by Gasteiger charge is -2.38. The third-order valence-electron chi connectivity index (χ3n) is 4.95. The van der Waals surface area contributed by atoms with E-state index in [0.29, 0.717) is 17.1 Å². The molecule has 3 aromatic rings. The summed E-state index contributed by atoms with van der Waals surface area (Å²) in [6.45, 7) is 2.35. The highest BCUT2D eigenvalue weighted by Crippen LogP contribution is 2.19. The van der Waals surface area contributed by atoms with Crippen LogP contribution in [0, 0.1) is 4.77 Å². The highest BCUT2D eigenvalue weighted by molar-refractivity contribution is 7.71. The molecule has 1 fully saturated rings. The minimum absolute atomic E-state index is 0.281. The molecule has 0 unspecified atom stereocenters. The maximum absolute atomic E-state index is 12.6. The molecule has 0 spiro atoms. The second-order valence-corrected chi connectivity index (χ2v) is 7.37. The van der Waals surface area contributed by atoms with Gasteiger partial charge >= 0.3 is 6.03 Å². The Hall–Kier alpha value is -3.24. The largest absolute Gasteiger partial charge is 0.320 e. The fraction of sp³-hybridized carbons (Fsp3) is 0.300. The molecule has 4 rings (SSSR count). The van der Waals surface area contributed by atoms with Gasteiger partial charge in [-0.05, 0) is 55.4 Å². The molecule has 10 heteroatoms. The second kappa shape index (κ2) is 9.51. The SMILES string of the molecule is O=C(NCN(c1ccccc1)N1CCCCC1)Nc1cccc(-n2[nH]nnc2=S)c1. The first-order valence-electron chi connectivity index (χ1n) is 9.93. The molecule has 0 bridgehead atoms. The van der Waals surface area contributed by atoms with Crippen molar-refractivity contribution in [1.82, 2.24) is 30.5 Å². The van der Waals surface area contributed by atoms with Crippen molar-refractivity contribution < 1.29 is 4.79 Å². The van der Waals surface area contributed by atoms with Crippen LogP contribution in [0.4, 0.5) is 16.2 Å². The summed E-state index contributed by atoms with van der Waals surface area (Å²) in [4.78, 5) is 12.6. The van der Waals surface area contributed by atoms with Crippen LogP contribution in [0.3, 0.4) is 0 Å². The number of hydrogen-bond donors (Lipinski definition) is 3. The number of para-hydroxylation sites is 1. The van der Waals surface area contributed by atoms with Crippen LogP contribution in [-0.4, -0.2) is 51.0 Å². The third kappa shape index (κ3) is 4.84. The molecule has 9 nitrogen and oxygen atoms in total. The lowest BCUT2D eigenvalue weighted by atomic mass is 10.1. The van der Waals surface area contributed by atoms with Crippen molar-refractivity contribution in [2.45, 2.75) is 19.3 Å². The molecule has 1 aliphatic heterocycles. The van der Waals surface area contributed by atoms with Crippen molar-refractivity contribution in [3.8, 4) is 5.69 Å². The van der Waals surface area contributed by atoms with E-state index in [-0.39, 0.29) is 6.03 Å². The van der Waals surface area contributed by atoms with E-state index in [1.807, 2.05) is 36.4 Å². The predicted octanol–water partition coefficient (Wildman–Crippen LogP) is 3.31. The maximum atomic E-state index is 12.6. The number of aromatic amines is 1. The molecule has 156 valence electrons. The summed E-state index contributed by atoms with van der Waals surface area (Å²) in [6, 6.07) is 17.1. The first kappa shape index (κ1) is 20.0. The number of aromatic nitrogens is 4. The number of carbonyl (C=O) groups excluding carboxylic acids is 1. The molecule has 1 aromatic heterocycles. The lowest BCUT2D eigenvalue weighted by molar-refractivity contribution is 0.201. The van der Waals surface area contributed by atoms with Crippen molar-refractivity contribution >= 4 is 29.6 Å². The van der Waals surface area contributed by atoms with Gasteiger partial charge in [-0.3, -0.25) is 5.01 Å². The standard InChI is InChI=1S/C20H24N8OS/c29-19(22-16-8-7-11-18(14-16)28-20(30)23-24-25-28)21-15-27(17-9-3-1-4-10-17)26-12-5-2-6-13-26/h1,3-4,7-11,14H,2,5-6,12-13,15H2,(H2,21,22,29)(H,23,25,30). The van der Waals surface area contributed by atoms with E-state index in [1.165, 1.54) is 6.42 Å². The van der Waals surface area contributed by atoms with Gasteiger partial charge in [0.15, 0.2) is 0 Å². The Morgan fingerprint density at radius 2 is 1.90 bits per heavy atom. The quantitative estimate of drug-likeness (QED) is 0.415. The van der Waals surface area contributed by atoms with E-state index in [2.05, 4.69) is 48.3 Å². The van der Waals surface area contributed by atoms with Gasteiger partial charge < -0.3 is 10.6 Å². The molecule has 2 aromatic carbocycles. The zero-order chi connectivity index (χ0) is 20.8. The Labute approximate surface area is 179 Å². The second-order valence-electron chi connectivity index (χ2n) is 7.01. The minimum atomic E-state index is -0.281. The van der Waals surface area contributed by atoms with Crippen molar-refractivity contribution in [2.75, 3.05) is 30.1 Å². The number of piperidine rings is 1. The van der Waals surface area contributed by atoms with Crippen LogP contribution in [0.15, 0.2) is 54.6 Å². The summed E-state index contributed by atoms with van der Waals surface area (Å²) >= 11 is 5.13. The van der Waals surface area contributed by atoms with E-state index < -0.39 is 0 Å². The lowest BCUT2D eigenvalue weighted by Crippen LogP contribution is -2.51. The average molecular weight is 425 g/mol. The zero-order valence-corrected chi connectivity index (χ0v) is 17.3. The number of tetrazole rings is 1. The molecule has 1 saturated heterocycles. The Bertz CT molecular complexity index is 1030. The minimum Gasteiger partial charge on any atom is -0.319 e. The zero-order valence-electron chi connectivity index (χ0n) is 16.5. The van der Waals surface area contributed by atoms with Gasteiger partial charge in [0.1, 0.15) is 6.67 Å². The number of nitrogens with one attached hydrogen (secondary N) is 3. The number of rotatable bonds is 6. The van der Waals surface area contributed by atoms with Crippen LogP contribution in [0.5, 0.6) is 0 Å². The summed E-state index contributed by atoms with van der Waals surface area (Å²) in [5, 5.41) is 20.4. The van der Waals surface area contributed by atoms with Gasteiger partial charge in [-0.25, -0.2) is 14.5 Å². The molecule has 30 heavy (non-hydrogen) atoms. The first-order chi connectivity index (χ1) is 14.7. The van der Waals surface area contributed by atoms with Gasteiger partial charge in [-0.1, -0.05) is 41.0 Å².